The summed E-state index contributed by atoms with van der Waals surface area (Å²) in [5, 5.41) is 8.68. The first-order valence-electron chi connectivity index (χ1n) is 3.86. The molecule has 1 atom stereocenters. The minimum Gasteiger partial charge on any atom is -0.396 e. The predicted molar refractivity (Wildman–Crippen MR) is 60.0 cm³/mol. The largest absolute Gasteiger partial charge is 0.396 e. The van der Waals surface area contributed by atoms with Gasteiger partial charge in [0.2, 0.25) is 0 Å². The molecule has 0 unspecified atom stereocenters. The van der Waals surface area contributed by atoms with E-state index in [2.05, 4.69) is 15.9 Å². The molecule has 0 saturated carbocycles. The van der Waals surface area contributed by atoms with Gasteiger partial charge in [-0.1, -0.05) is 28.1 Å². The van der Waals surface area contributed by atoms with Gasteiger partial charge in [0.1, 0.15) is 0 Å². The van der Waals surface area contributed by atoms with Gasteiger partial charge in [0.15, 0.2) is 0 Å². The molecular formula is C9H13BrClNO. The molecule has 13 heavy (non-hydrogen) atoms. The van der Waals surface area contributed by atoms with Crippen molar-refractivity contribution in [2.24, 2.45) is 5.73 Å². The van der Waals surface area contributed by atoms with Crippen LogP contribution in [0.15, 0.2) is 28.7 Å². The van der Waals surface area contributed by atoms with Crippen molar-refractivity contribution >= 4 is 28.3 Å². The molecule has 0 heterocycles. The van der Waals surface area contributed by atoms with Gasteiger partial charge in [0.05, 0.1) is 0 Å². The van der Waals surface area contributed by atoms with E-state index in [9.17, 15) is 0 Å². The number of halogens is 2. The Morgan fingerprint density at radius 2 is 2.15 bits per heavy atom. The summed E-state index contributed by atoms with van der Waals surface area (Å²) in [5.41, 5.74) is 6.85. The smallest absolute Gasteiger partial charge is 0.0449 e. The fourth-order valence-electron chi connectivity index (χ4n) is 1.04. The molecule has 1 rings (SSSR count). The first-order valence-corrected chi connectivity index (χ1v) is 4.65. The van der Waals surface area contributed by atoms with Crippen LogP contribution in [0.4, 0.5) is 0 Å². The predicted octanol–water partition coefficient (Wildman–Crippen LogP) is 2.25. The topological polar surface area (TPSA) is 46.2 Å². The molecule has 0 aliphatic rings. The Balaban J connectivity index is 0.00000144. The lowest BCUT2D eigenvalue weighted by Crippen LogP contribution is -2.11. The molecule has 0 amide bonds. The van der Waals surface area contributed by atoms with E-state index in [4.69, 9.17) is 10.8 Å². The Morgan fingerprint density at radius 1 is 1.46 bits per heavy atom. The molecule has 1 aromatic carbocycles. The molecule has 0 aliphatic heterocycles. The van der Waals surface area contributed by atoms with Crippen molar-refractivity contribution in [3.8, 4) is 0 Å². The van der Waals surface area contributed by atoms with Gasteiger partial charge in [-0.3, -0.25) is 0 Å². The van der Waals surface area contributed by atoms with Gasteiger partial charge in [-0.05, 0) is 24.1 Å². The molecule has 74 valence electrons. The van der Waals surface area contributed by atoms with Gasteiger partial charge in [0, 0.05) is 17.1 Å². The van der Waals surface area contributed by atoms with Gasteiger partial charge >= 0.3 is 0 Å². The number of rotatable bonds is 3. The fourth-order valence-corrected chi connectivity index (χ4v) is 1.46. The molecule has 1 aromatic rings. The molecule has 0 aliphatic carbocycles. The van der Waals surface area contributed by atoms with Crippen LogP contribution in [0.5, 0.6) is 0 Å². The molecule has 0 bridgehead atoms. The van der Waals surface area contributed by atoms with Crippen LogP contribution in [0.3, 0.4) is 0 Å². The molecule has 0 radical (unpaired) electrons. The van der Waals surface area contributed by atoms with Crippen LogP contribution in [-0.4, -0.2) is 11.7 Å². The van der Waals surface area contributed by atoms with E-state index < -0.39 is 0 Å². The van der Waals surface area contributed by atoms with E-state index in [0.717, 1.165) is 10.0 Å². The Hall–Kier alpha value is -0.0900. The number of hydrogen-bond donors (Lipinski definition) is 2. The van der Waals surface area contributed by atoms with Crippen LogP contribution in [0, 0.1) is 0 Å². The Morgan fingerprint density at radius 3 is 2.69 bits per heavy atom. The normalized spacial score (nSPS) is 11.9. The number of hydrogen-bond acceptors (Lipinski definition) is 2. The van der Waals surface area contributed by atoms with Crippen molar-refractivity contribution in [3.05, 3.63) is 34.3 Å². The van der Waals surface area contributed by atoms with E-state index in [-0.39, 0.29) is 25.1 Å². The highest BCUT2D eigenvalue weighted by Crippen LogP contribution is 2.18. The summed E-state index contributed by atoms with van der Waals surface area (Å²) in [6, 6.07) is 7.77. The maximum atomic E-state index is 8.68. The summed E-state index contributed by atoms with van der Waals surface area (Å²) in [7, 11) is 0. The van der Waals surface area contributed by atoms with Gasteiger partial charge in [-0.15, -0.1) is 12.4 Å². The zero-order valence-corrected chi connectivity index (χ0v) is 9.51. The summed E-state index contributed by atoms with van der Waals surface area (Å²) in [5.74, 6) is 0. The Kier molecular flexibility index (Phi) is 6.33. The van der Waals surface area contributed by atoms with E-state index in [1.54, 1.807) is 0 Å². The van der Waals surface area contributed by atoms with E-state index >= 15 is 0 Å². The van der Waals surface area contributed by atoms with E-state index in [1.165, 1.54) is 0 Å². The van der Waals surface area contributed by atoms with Crippen LogP contribution in [-0.2, 0) is 0 Å². The van der Waals surface area contributed by atoms with Crippen LogP contribution in [0.25, 0.3) is 0 Å². The summed E-state index contributed by atoms with van der Waals surface area (Å²) in [6.45, 7) is 0.133. The summed E-state index contributed by atoms with van der Waals surface area (Å²) >= 11 is 3.36. The lowest BCUT2D eigenvalue weighted by atomic mass is 10.1. The zero-order chi connectivity index (χ0) is 8.97. The third kappa shape index (κ3) is 4.09. The monoisotopic (exact) mass is 265 g/mol. The standard InChI is InChI=1S/C9H12BrNO.ClH/c10-8-3-1-2-7(6-8)9(11)4-5-12;/h1-3,6,9,12H,4-5,11H2;1H/t9-;/m0./s1. The Labute approximate surface area is 92.7 Å². The van der Waals surface area contributed by atoms with Crippen LogP contribution in [0.1, 0.15) is 18.0 Å². The minimum absolute atomic E-state index is 0. The lowest BCUT2D eigenvalue weighted by molar-refractivity contribution is 0.276. The summed E-state index contributed by atoms with van der Waals surface area (Å²) < 4.78 is 1.02. The number of aliphatic hydroxyl groups is 1. The second-order valence-corrected chi connectivity index (χ2v) is 3.59. The quantitative estimate of drug-likeness (QED) is 0.881. The third-order valence-electron chi connectivity index (χ3n) is 1.72. The van der Waals surface area contributed by atoms with Gasteiger partial charge in [-0.2, -0.15) is 0 Å². The number of nitrogens with two attached hydrogens (primary N) is 1. The van der Waals surface area contributed by atoms with Crippen molar-refractivity contribution < 1.29 is 5.11 Å². The SMILES string of the molecule is Cl.N[C@@H](CCO)c1cccc(Br)c1. The number of aliphatic hydroxyl groups excluding tert-OH is 1. The molecule has 0 aromatic heterocycles. The highest BCUT2D eigenvalue weighted by molar-refractivity contribution is 9.10. The highest BCUT2D eigenvalue weighted by atomic mass is 79.9. The van der Waals surface area contributed by atoms with Crippen molar-refractivity contribution in [1.82, 2.24) is 0 Å². The van der Waals surface area contributed by atoms with Crippen molar-refractivity contribution in [3.63, 3.8) is 0 Å². The van der Waals surface area contributed by atoms with Crippen molar-refractivity contribution in [2.75, 3.05) is 6.61 Å². The van der Waals surface area contributed by atoms with Gasteiger partial charge in [0.25, 0.3) is 0 Å². The summed E-state index contributed by atoms with van der Waals surface area (Å²) in [4.78, 5) is 0. The molecule has 0 fully saturated rings. The second kappa shape index (κ2) is 6.38. The Bertz CT molecular complexity index is 257. The average molecular weight is 267 g/mol. The van der Waals surface area contributed by atoms with Gasteiger partial charge < -0.3 is 10.8 Å². The third-order valence-corrected chi connectivity index (χ3v) is 2.21. The molecule has 0 spiro atoms. The van der Waals surface area contributed by atoms with Gasteiger partial charge in [-0.25, -0.2) is 0 Å². The van der Waals surface area contributed by atoms with Crippen LogP contribution in [0.2, 0.25) is 0 Å². The molecular weight excluding hydrogens is 253 g/mol. The maximum absolute atomic E-state index is 8.68. The maximum Gasteiger partial charge on any atom is 0.0449 e. The summed E-state index contributed by atoms with van der Waals surface area (Å²) in [6.07, 6.45) is 0.608. The molecule has 3 N–H and O–H groups in total. The lowest BCUT2D eigenvalue weighted by Gasteiger charge is -2.09. The van der Waals surface area contributed by atoms with Crippen LogP contribution >= 0.6 is 28.3 Å². The second-order valence-electron chi connectivity index (χ2n) is 2.67. The van der Waals surface area contributed by atoms with Crippen molar-refractivity contribution in [2.45, 2.75) is 12.5 Å². The van der Waals surface area contributed by atoms with E-state index in [1.807, 2.05) is 24.3 Å². The first-order chi connectivity index (χ1) is 5.74. The fraction of sp³-hybridized carbons (Fsp3) is 0.333. The highest BCUT2D eigenvalue weighted by Gasteiger charge is 2.04. The molecule has 0 saturated heterocycles. The van der Waals surface area contributed by atoms with E-state index in [0.29, 0.717) is 6.42 Å². The number of benzene rings is 1. The molecule has 4 heteroatoms. The first kappa shape index (κ1) is 12.9. The minimum atomic E-state index is -0.0625. The average Bonchev–Trinajstić information content (AvgIpc) is 2.05. The van der Waals surface area contributed by atoms with Crippen LogP contribution < -0.4 is 5.73 Å². The van der Waals surface area contributed by atoms with Crippen molar-refractivity contribution in [1.29, 1.82) is 0 Å². The molecule has 2 nitrogen and oxygen atoms in total. The zero-order valence-electron chi connectivity index (χ0n) is 7.11.